The van der Waals surface area contributed by atoms with Crippen LogP contribution in [0.5, 0.6) is 0 Å². The van der Waals surface area contributed by atoms with Crippen LogP contribution in [0.15, 0.2) is 53.4 Å². The predicted molar refractivity (Wildman–Crippen MR) is 92.6 cm³/mol. The highest BCUT2D eigenvalue weighted by Gasteiger charge is 2.20. The van der Waals surface area contributed by atoms with Crippen molar-refractivity contribution in [2.24, 2.45) is 0 Å². The first-order valence-corrected chi connectivity index (χ1v) is 9.47. The van der Waals surface area contributed by atoms with Crippen LogP contribution in [0, 0.1) is 6.92 Å². The van der Waals surface area contributed by atoms with Gasteiger partial charge in [-0.25, -0.2) is 8.42 Å². The number of rotatable bonds is 6. The van der Waals surface area contributed by atoms with Crippen LogP contribution in [-0.4, -0.2) is 43.7 Å². The van der Waals surface area contributed by atoms with E-state index >= 15 is 0 Å². The quantitative estimate of drug-likeness (QED) is 0.868. The molecular formula is C18H21NO4S. The molecule has 0 aliphatic rings. The topological polar surface area (TPSA) is 74.7 Å². The molecule has 24 heavy (non-hydrogen) atoms. The van der Waals surface area contributed by atoms with Gasteiger partial charge in [0.15, 0.2) is 9.84 Å². The molecule has 6 heteroatoms. The third-order valence-electron chi connectivity index (χ3n) is 3.74. The number of carbonyl (C=O) groups excluding carboxylic acids is 1. The van der Waals surface area contributed by atoms with Crippen molar-refractivity contribution in [2.75, 3.05) is 19.4 Å². The Hall–Kier alpha value is -2.18. The summed E-state index contributed by atoms with van der Waals surface area (Å²) >= 11 is 0. The zero-order chi connectivity index (χ0) is 17.7. The summed E-state index contributed by atoms with van der Waals surface area (Å²) in [7, 11) is -3.39. The van der Waals surface area contributed by atoms with Crippen molar-refractivity contribution >= 4 is 15.7 Å². The van der Waals surface area contributed by atoms with Gasteiger partial charge in [0.2, 0.25) is 0 Å². The molecule has 0 spiro atoms. The van der Waals surface area contributed by atoms with Gasteiger partial charge in [0.05, 0.1) is 11.5 Å². The molecule has 0 bridgehead atoms. The number of aryl methyl sites for hydroxylation is 1. The minimum absolute atomic E-state index is 0.111. The van der Waals surface area contributed by atoms with E-state index in [4.69, 9.17) is 0 Å². The number of amides is 1. The first kappa shape index (κ1) is 18.2. The number of benzene rings is 2. The number of hydrogen-bond donors (Lipinski definition) is 1. The van der Waals surface area contributed by atoms with Crippen LogP contribution in [0.2, 0.25) is 0 Å². The Morgan fingerprint density at radius 3 is 2.38 bits per heavy atom. The lowest BCUT2D eigenvalue weighted by Crippen LogP contribution is -2.33. The Balaban J connectivity index is 2.36. The molecule has 0 heterocycles. The van der Waals surface area contributed by atoms with E-state index in [1.165, 1.54) is 17.0 Å². The van der Waals surface area contributed by atoms with E-state index in [-0.39, 0.29) is 24.0 Å². The molecule has 1 N–H and O–H groups in total. The fourth-order valence-electron chi connectivity index (χ4n) is 2.41. The van der Waals surface area contributed by atoms with Crippen molar-refractivity contribution in [2.45, 2.75) is 18.4 Å². The molecule has 0 radical (unpaired) electrons. The fourth-order valence-corrected chi connectivity index (χ4v) is 3.06. The summed E-state index contributed by atoms with van der Waals surface area (Å²) in [6, 6.07) is 14.0. The molecule has 2 rings (SSSR count). The molecule has 0 saturated heterocycles. The molecule has 2 aromatic rings. The lowest BCUT2D eigenvalue weighted by molar-refractivity contribution is 0.0707. The van der Waals surface area contributed by atoms with Crippen molar-refractivity contribution in [1.29, 1.82) is 0 Å². The summed E-state index contributed by atoms with van der Waals surface area (Å²) in [4.78, 5) is 14.5. The first-order valence-electron chi connectivity index (χ1n) is 7.57. The molecule has 5 nitrogen and oxygen atoms in total. The van der Waals surface area contributed by atoms with E-state index in [1.54, 1.807) is 13.0 Å². The highest BCUT2D eigenvalue weighted by atomic mass is 32.2. The molecule has 0 aliphatic heterocycles. The number of hydrogen-bond acceptors (Lipinski definition) is 4. The van der Waals surface area contributed by atoms with Gasteiger partial charge in [-0.2, -0.15) is 0 Å². The number of aliphatic hydroxyl groups is 1. The van der Waals surface area contributed by atoms with Crippen molar-refractivity contribution < 1.29 is 18.3 Å². The minimum Gasteiger partial charge on any atom is -0.395 e. The summed E-state index contributed by atoms with van der Waals surface area (Å²) in [5, 5.41) is 9.27. The number of sulfone groups is 1. The van der Waals surface area contributed by atoms with Gasteiger partial charge in [-0.05, 0) is 30.2 Å². The number of nitrogens with zero attached hydrogens (tertiary/aromatic N) is 1. The molecule has 128 valence electrons. The average molecular weight is 347 g/mol. The third kappa shape index (κ3) is 4.43. The van der Waals surface area contributed by atoms with E-state index in [9.17, 15) is 18.3 Å². The Labute approximate surface area is 142 Å². The summed E-state index contributed by atoms with van der Waals surface area (Å²) < 4.78 is 23.5. The highest BCUT2D eigenvalue weighted by Crippen LogP contribution is 2.18. The van der Waals surface area contributed by atoms with Gasteiger partial charge >= 0.3 is 0 Å². The van der Waals surface area contributed by atoms with Crippen LogP contribution in [-0.2, 0) is 16.4 Å². The first-order chi connectivity index (χ1) is 11.3. The van der Waals surface area contributed by atoms with Gasteiger partial charge in [0.1, 0.15) is 0 Å². The van der Waals surface area contributed by atoms with Crippen LogP contribution in [0.4, 0.5) is 0 Å². The van der Waals surface area contributed by atoms with Gasteiger partial charge in [0, 0.05) is 24.9 Å². The largest absolute Gasteiger partial charge is 0.395 e. The van der Waals surface area contributed by atoms with Crippen molar-refractivity contribution in [3.8, 4) is 0 Å². The molecule has 2 aromatic carbocycles. The van der Waals surface area contributed by atoms with Gasteiger partial charge in [-0.15, -0.1) is 0 Å². The molecule has 1 amide bonds. The van der Waals surface area contributed by atoms with E-state index in [0.29, 0.717) is 17.7 Å². The van der Waals surface area contributed by atoms with Gasteiger partial charge in [-0.1, -0.05) is 36.4 Å². The highest BCUT2D eigenvalue weighted by molar-refractivity contribution is 7.90. The smallest absolute Gasteiger partial charge is 0.254 e. The zero-order valence-electron chi connectivity index (χ0n) is 13.8. The number of aliphatic hydroxyl groups excluding tert-OH is 1. The van der Waals surface area contributed by atoms with Gasteiger partial charge < -0.3 is 10.0 Å². The Kier molecular flexibility index (Phi) is 5.75. The lowest BCUT2D eigenvalue weighted by Gasteiger charge is -2.23. The van der Waals surface area contributed by atoms with Crippen LogP contribution >= 0.6 is 0 Å². The maximum atomic E-state index is 12.9. The maximum Gasteiger partial charge on any atom is 0.254 e. The molecule has 0 unspecified atom stereocenters. The third-order valence-corrected chi connectivity index (χ3v) is 4.85. The van der Waals surface area contributed by atoms with E-state index in [2.05, 4.69) is 0 Å². The standard InChI is InChI=1S/C18H21NO4S/c1-14-8-9-16(24(2,22)23)12-17(14)18(21)19(10-11-20)13-15-6-4-3-5-7-15/h3-9,12,20H,10-11,13H2,1-2H3. The predicted octanol–water partition coefficient (Wildman–Crippen LogP) is 2.03. The summed E-state index contributed by atoms with van der Waals surface area (Å²) in [6.07, 6.45) is 1.11. The lowest BCUT2D eigenvalue weighted by atomic mass is 10.1. The van der Waals surface area contributed by atoms with Crippen molar-refractivity contribution in [3.05, 3.63) is 65.2 Å². The van der Waals surface area contributed by atoms with E-state index in [0.717, 1.165) is 11.8 Å². The molecule has 0 fully saturated rings. The van der Waals surface area contributed by atoms with Crippen LogP contribution in [0.25, 0.3) is 0 Å². The van der Waals surface area contributed by atoms with Gasteiger partial charge in [0.25, 0.3) is 5.91 Å². The second-order valence-electron chi connectivity index (χ2n) is 5.68. The zero-order valence-corrected chi connectivity index (χ0v) is 14.6. The Morgan fingerprint density at radius 1 is 1.12 bits per heavy atom. The van der Waals surface area contributed by atoms with E-state index < -0.39 is 9.84 Å². The Bertz CT molecular complexity index is 816. The normalized spacial score (nSPS) is 11.3. The average Bonchev–Trinajstić information content (AvgIpc) is 2.54. The fraction of sp³-hybridized carbons (Fsp3) is 0.278. The second kappa shape index (κ2) is 7.59. The van der Waals surface area contributed by atoms with Crippen LogP contribution < -0.4 is 0 Å². The SMILES string of the molecule is Cc1ccc(S(C)(=O)=O)cc1C(=O)N(CCO)Cc1ccccc1. The summed E-state index contributed by atoms with van der Waals surface area (Å²) in [5.41, 5.74) is 1.97. The van der Waals surface area contributed by atoms with Crippen LogP contribution in [0.3, 0.4) is 0 Å². The number of carbonyl (C=O) groups is 1. The minimum atomic E-state index is -3.39. The molecule has 0 saturated carbocycles. The molecular weight excluding hydrogens is 326 g/mol. The van der Waals surface area contributed by atoms with Crippen LogP contribution in [0.1, 0.15) is 21.5 Å². The van der Waals surface area contributed by atoms with Crippen molar-refractivity contribution in [3.63, 3.8) is 0 Å². The summed E-state index contributed by atoms with van der Waals surface area (Å²) in [6.45, 7) is 2.13. The molecule has 0 aliphatic carbocycles. The Morgan fingerprint density at radius 2 is 1.79 bits per heavy atom. The van der Waals surface area contributed by atoms with E-state index in [1.807, 2.05) is 30.3 Å². The van der Waals surface area contributed by atoms with Gasteiger partial charge in [-0.3, -0.25) is 4.79 Å². The monoisotopic (exact) mass is 347 g/mol. The molecule has 0 atom stereocenters. The second-order valence-corrected chi connectivity index (χ2v) is 7.70. The van der Waals surface area contributed by atoms with Crippen molar-refractivity contribution in [1.82, 2.24) is 4.90 Å². The summed E-state index contributed by atoms with van der Waals surface area (Å²) in [5.74, 6) is -0.295. The maximum absolute atomic E-state index is 12.9. The molecule has 0 aromatic heterocycles.